The fourth-order valence-electron chi connectivity index (χ4n) is 6.05. The Hall–Kier alpha value is -2.94. The molecule has 2 fully saturated rings. The fourth-order valence-corrected chi connectivity index (χ4v) is 9.39. The molecule has 0 radical (unpaired) electrons. The summed E-state index contributed by atoms with van der Waals surface area (Å²) in [5.74, 6) is -3.81. The standard InChI is InChI=1S/C27H30F3N3O6S2/c28-22-14-24(30)23(29)12-17(22)13-25(31)18-9-19-5-6-20(10-18)33(19)40(35,36)8-7-32-27(34)39-15-21-11-16-3-1-2-4-26(16)41(21,37)38/h1-4,11-12,14,18-20,25H,5-10,13,15,31H2,(H,32,34)/t19-,20-,25-/m1/s1. The highest BCUT2D eigenvalue weighted by Gasteiger charge is 2.47. The molecule has 3 heterocycles. The number of alkyl carbamates (subject to hydrolysis) is 1. The Bertz CT molecular complexity index is 1590. The predicted octanol–water partition coefficient (Wildman–Crippen LogP) is 3.10. The van der Waals surface area contributed by atoms with Gasteiger partial charge >= 0.3 is 6.09 Å². The van der Waals surface area contributed by atoms with E-state index in [-0.39, 0.29) is 52.1 Å². The second-order valence-electron chi connectivity index (χ2n) is 10.6. The molecule has 222 valence electrons. The molecule has 2 bridgehead atoms. The Kier molecular flexibility index (Phi) is 8.21. The molecule has 9 nitrogen and oxygen atoms in total. The number of sulfone groups is 1. The molecule has 3 aliphatic rings. The molecule has 3 atom stereocenters. The fraction of sp³-hybridized carbons (Fsp3) is 0.444. The Morgan fingerprint density at radius 2 is 1.73 bits per heavy atom. The van der Waals surface area contributed by atoms with Crippen LogP contribution in [-0.4, -0.2) is 64.3 Å². The van der Waals surface area contributed by atoms with Crippen LogP contribution >= 0.6 is 0 Å². The number of nitrogens with one attached hydrogen (secondary N) is 1. The lowest BCUT2D eigenvalue weighted by atomic mass is 9.83. The number of carbonyl (C=O) groups excluding carboxylic acids is 1. The van der Waals surface area contributed by atoms with Gasteiger partial charge in [-0.3, -0.25) is 0 Å². The molecule has 0 saturated carbocycles. The monoisotopic (exact) mass is 613 g/mol. The number of carbonyl (C=O) groups is 1. The maximum atomic E-state index is 14.1. The zero-order valence-electron chi connectivity index (χ0n) is 21.9. The van der Waals surface area contributed by atoms with Crippen LogP contribution in [0.1, 0.15) is 36.8 Å². The lowest BCUT2D eigenvalue weighted by Crippen LogP contribution is -2.51. The first-order valence-electron chi connectivity index (χ1n) is 13.2. The van der Waals surface area contributed by atoms with E-state index in [4.69, 9.17) is 10.5 Å². The van der Waals surface area contributed by atoms with E-state index in [1.54, 1.807) is 18.2 Å². The highest BCUT2D eigenvalue weighted by molar-refractivity contribution is 7.95. The third-order valence-electron chi connectivity index (χ3n) is 8.02. The molecule has 1 amide bonds. The Labute approximate surface area is 236 Å². The summed E-state index contributed by atoms with van der Waals surface area (Å²) in [7, 11) is -7.51. The molecule has 0 spiro atoms. The van der Waals surface area contributed by atoms with Crippen LogP contribution < -0.4 is 11.1 Å². The third-order valence-corrected chi connectivity index (χ3v) is 11.9. The minimum Gasteiger partial charge on any atom is -0.444 e. The summed E-state index contributed by atoms with van der Waals surface area (Å²) in [4.78, 5) is 12.2. The summed E-state index contributed by atoms with van der Waals surface area (Å²) in [5.41, 5.74) is 6.80. The molecule has 5 rings (SSSR count). The van der Waals surface area contributed by atoms with Crippen LogP contribution in [0.5, 0.6) is 0 Å². The van der Waals surface area contributed by atoms with E-state index in [1.807, 2.05) is 0 Å². The van der Waals surface area contributed by atoms with Crippen LogP contribution in [0.15, 0.2) is 46.2 Å². The van der Waals surface area contributed by atoms with E-state index in [9.17, 15) is 34.8 Å². The highest BCUT2D eigenvalue weighted by atomic mass is 32.2. The van der Waals surface area contributed by atoms with Crippen molar-refractivity contribution < 1.29 is 39.5 Å². The van der Waals surface area contributed by atoms with Gasteiger partial charge in [0.15, 0.2) is 11.6 Å². The van der Waals surface area contributed by atoms with Crippen molar-refractivity contribution in [3.05, 3.63) is 69.9 Å². The van der Waals surface area contributed by atoms with Crippen LogP contribution in [0, 0.1) is 23.4 Å². The maximum Gasteiger partial charge on any atom is 0.407 e. The van der Waals surface area contributed by atoms with Crippen molar-refractivity contribution in [2.24, 2.45) is 11.7 Å². The molecule has 14 heteroatoms. The van der Waals surface area contributed by atoms with Gasteiger partial charge in [-0.15, -0.1) is 0 Å². The Morgan fingerprint density at radius 1 is 1.07 bits per heavy atom. The molecule has 3 aliphatic heterocycles. The second kappa shape index (κ2) is 11.4. The van der Waals surface area contributed by atoms with Gasteiger partial charge < -0.3 is 15.8 Å². The van der Waals surface area contributed by atoms with Crippen LogP contribution in [-0.2, 0) is 31.0 Å². The number of halogens is 3. The van der Waals surface area contributed by atoms with Crippen molar-refractivity contribution in [3.8, 4) is 0 Å². The molecule has 0 unspecified atom stereocenters. The number of nitrogens with zero attached hydrogens (tertiary/aromatic N) is 1. The van der Waals surface area contributed by atoms with E-state index < -0.39 is 56.1 Å². The summed E-state index contributed by atoms with van der Waals surface area (Å²) in [6.07, 6.45) is 2.65. The minimum atomic E-state index is -3.76. The lowest BCUT2D eigenvalue weighted by Gasteiger charge is -2.40. The first-order valence-corrected chi connectivity index (χ1v) is 16.3. The van der Waals surface area contributed by atoms with Gasteiger partial charge in [0.25, 0.3) is 0 Å². The van der Waals surface area contributed by atoms with Crippen LogP contribution in [0.2, 0.25) is 0 Å². The van der Waals surface area contributed by atoms with E-state index in [1.165, 1.54) is 16.4 Å². The van der Waals surface area contributed by atoms with E-state index in [0.29, 0.717) is 37.3 Å². The molecule has 41 heavy (non-hydrogen) atoms. The third kappa shape index (κ3) is 6.01. The van der Waals surface area contributed by atoms with Crippen molar-refractivity contribution in [2.75, 3.05) is 18.9 Å². The predicted molar refractivity (Wildman–Crippen MR) is 144 cm³/mol. The molecule has 3 N–H and O–H groups in total. The largest absolute Gasteiger partial charge is 0.444 e. The normalized spacial score (nSPS) is 24.0. The van der Waals surface area contributed by atoms with Crippen LogP contribution in [0.3, 0.4) is 0 Å². The molecular formula is C27H30F3N3O6S2. The molecule has 0 aromatic heterocycles. The van der Waals surface area contributed by atoms with Gasteiger partial charge in [-0.05, 0) is 67.4 Å². The first kappa shape index (κ1) is 29.5. The van der Waals surface area contributed by atoms with Gasteiger partial charge in [0, 0.05) is 30.7 Å². The van der Waals surface area contributed by atoms with Gasteiger partial charge in [-0.1, -0.05) is 18.2 Å². The van der Waals surface area contributed by atoms with Gasteiger partial charge in [0.2, 0.25) is 19.9 Å². The summed E-state index contributed by atoms with van der Waals surface area (Å²) in [6, 6.07) is 6.52. The van der Waals surface area contributed by atoms with E-state index >= 15 is 0 Å². The number of benzene rings is 2. The van der Waals surface area contributed by atoms with Crippen molar-refractivity contribution in [3.63, 3.8) is 0 Å². The van der Waals surface area contributed by atoms with Crippen molar-refractivity contribution in [1.82, 2.24) is 9.62 Å². The average Bonchev–Trinajstić information content (AvgIpc) is 3.35. The van der Waals surface area contributed by atoms with Crippen LogP contribution in [0.25, 0.3) is 6.08 Å². The van der Waals surface area contributed by atoms with Gasteiger partial charge in [0.05, 0.1) is 15.6 Å². The molecule has 0 aliphatic carbocycles. The number of rotatable bonds is 9. The van der Waals surface area contributed by atoms with Crippen molar-refractivity contribution in [2.45, 2.75) is 55.1 Å². The second-order valence-corrected chi connectivity index (χ2v) is 14.6. The molecular weight excluding hydrogens is 583 g/mol. The number of nitrogens with two attached hydrogens (primary N) is 1. The topological polar surface area (TPSA) is 136 Å². The highest BCUT2D eigenvalue weighted by Crippen LogP contribution is 2.42. The Balaban J connectivity index is 1.11. The average molecular weight is 614 g/mol. The van der Waals surface area contributed by atoms with Gasteiger partial charge in [0.1, 0.15) is 12.4 Å². The first-order chi connectivity index (χ1) is 19.4. The molecule has 2 aromatic rings. The van der Waals surface area contributed by atoms with Crippen LogP contribution in [0.4, 0.5) is 18.0 Å². The Morgan fingerprint density at radius 3 is 2.41 bits per heavy atom. The number of sulfonamides is 1. The van der Waals surface area contributed by atoms with E-state index in [0.717, 1.165) is 6.07 Å². The van der Waals surface area contributed by atoms with Crippen molar-refractivity contribution in [1.29, 1.82) is 0 Å². The smallest absolute Gasteiger partial charge is 0.407 e. The summed E-state index contributed by atoms with van der Waals surface area (Å²) in [6.45, 7) is -0.719. The zero-order chi connectivity index (χ0) is 29.5. The van der Waals surface area contributed by atoms with Gasteiger partial charge in [-0.2, -0.15) is 4.31 Å². The number of ether oxygens (including phenoxy) is 1. The summed E-state index contributed by atoms with van der Waals surface area (Å²) in [5, 5.41) is 2.37. The number of fused-ring (bicyclic) bond motifs is 3. The SMILES string of the molecule is N[C@H](Cc1cc(F)c(F)cc1F)C1C[C@H]2CC[C@H](C1)N2S(=O)(=O)CCNC(=O)OCC1=Cc2ccccc2S1(=O)=O. The quantitative estimate of drug-likeness (QED) is 0.415. The van der Waals surface area contributed by atoms with Crippen molar-refractivity contribution >= 4 is 32.0 Å². The minimum absolute atomic E-state index is 0.00376. The summed E-state index contributed by atoms with van der Waals surface area (Å²) < 4.78 is 99.0. The molecule has 2 saturated heterocycles. The number of hydrogen-bond donors (Lipinski definition) is 2. The number of hydrogen-bond acceptors (Lipinski definition) is 7. The lowest BCUT2D eigenvalue weighted by molar-refractivity contribution is 0.158. The number of amides is 1. The zero-order valence-corrected chi connectivity index (χ0v) is 23.6. The van der Waals surface area contributed by atoms with Gasteiger partial charge in [-0.25, -0.2) is 34.8 Å². The molecule has 2 aromatic carbocycles. The summed E-state index contributed by atoms with van der Waals surface area (Å²) >= 11 is 0. The maximum absolute atomic E-state index is 14.1. The van der Waals surface area contributed by atoms with E-state index in [2.05, 4.69) is 5.32 Å². The number of piperidine rings is 1.